The van der Waals surface area contributed by atoms with Gasteiger partial charge in [-0.1, -0.05) is 0 Å². The van der Waals surface area contributed by atoms with Crippen LogP contribution in [0.3, 0.4) is 0 Å². The number of aromatic nitrogens is 3. The van der Waals surface area contributed by atoms with Crippen LogP contribution in [-0.4, -0.2) is 39.7 Å². The SMILES string of the molecule is O=C(Cn1cc(NC(=O)c2ccco2)cn1)NCCCOc1cccnc1. The number of hydrogen-bond donors (Lipinski definition) is 2. The van der Waals surface area contributed by atoms with Gasteiger partial charge >= 0.3 is 0 Å². The average Bonchev–Trinajstić information content (AvgIpc) is 3.34. The standard InChI is InChI=1S/C18H19N5O4/c24-17(20-7-3-9-26-15-4-1-6-19-11-15)13-23-12-14(10-21-23)22-18(25)16-5-2-8-27-16/h1-2,4-6,8,10-12H,3,7,9,13H2,(H,20,24)(H,22,25). The summed E-state index contributed by atoms with van der Waals surface area (Å²) in [6.45, 7) is 1.03. The zero-order chi connectivity index (χ0) is 18.9. The third-order valence-corrected chi connectivity index (χ3v) is 3.49. The molecule has 3 heterocycles. The molecule has 140 valence electrons. The van der Waals surface area contributed by atoms with E-state index in [2.05, 4.69) is 20.7 Å². The maximum absolute atomic E-state index is 11.9. The topological polar surface area (TPSA) is 111 Å². The first-order valence-electron chi connectivity index (χ1n) is 8.37. The lowest BCUT2D eigenvalue weighted by molar-refractivity contribution is -0.121. The van der Waals surface area contributed by atoms with Crippen molar-refractivity contribution in [3.63, 3.8) is 0 Å². The van der Waals surface area contributed by atoms with Crippen LogP contribution in [0.25, 0.3) is 0 Å². The summed E-state index contributed by atoms with van der Waals surface area (Å²) < 4.78 is 12.0. The number of carbonyl (C=O) groups is 2. The Hall–Kier alpha value is -3.62. The summed E-state index contributed by atoms with van der Waals surface area (Å²) >= 11 is 0. The van der Waals surface area contributed by atoms with Crippen LogP contribution >= 0.6 is 0 Å². The van der Waals surface area contributed by atoms with Crippen molar-refractivity contribution < 1.29 is 18.7 Å². The van der Waals surface area contributed by atoms with Crippen molar-refractivity contribution in [1.29, 1.82) is 0 Å². The molecule has 0 radical (unpaired) electrons. The van der Waals surface area contributed by atoms with Crippen molar-refractivity contribution in [1.82, 2.24) is 20.1 Å². The van der Waals surface area contributed by atoms with Gasteiger partial charge in [0.1, 0.15) is 12.3 Å². The molecule has 2 amide bonds. The van der Waals surface area contributed by atoms with Gasteiger partial charge in [0, 0.05) is 18.9 Å². The van der Waals surface area contributed by atoms with Gasteiger partial charge in [0.15, 0.2) is 5.76 Å². The minimum absolute atomic E-state index is 0.0556. The number of furan rings is 1. The largest absolute Gasteiger partial charge is 0.492 e. The Morgan fingerprint density at radius 2 is 2.15 bits per heavy atom. The third-order valence-electron chi connectivity index (χ3n) is 3.49. The van der Waals surface area contributed by atoms with Crippen molar-refractivity contribution in [2.75, 3.05) is 18.5 Å². The Balaban J connectivity index is 1.34. The Kier molecular flexibility index (Phi) is 6.18. The van der Waals surface area contributed by atoms with Crippen molar-refractivity contribution >= 4 is 17.5 Å². The minimum atomic E-state index is -0.377. The molecule has 0 aliphatic rings. The normalized spacial score (nSPS) is 10.4. The summed E-state index contributed by atoms with van der Waals surface area (Å²) in [5, 5.41) is 9.49. The summed E-state index contributed by atoms with van der Waals surface area (Å²) in [6.07, 6.45) is 8.45. The summed E-state index contributed by atoms with van der Waals surface area (Å²) in [5.74, 6) is 0.347. The first-order chi connectivity index (χ1) is 13.2. The number of anilines is 1. The van der Waals surface area contributed by atoms with Gasteiger partial charge in [-0.05, 0) is 30.7 Å². The molecule has 3 rings (SSSR count). The molecule has 2 N–H and O–H groups in total. The van der Waals surface area contributed by atoms with Crippen LogP contribution in [0.15, 0.2) is 59.7 Å². The van der Waals surface area contributed by atoms with Crippen LogP contribution in [-0.2, 0) is 11.3 Å². The molecule has 9 nitrogen and oxygen atoms in total. The number of hydrogen-bond acceptors (Lipinski definition) is 6. The van der Waals surface area contributed by atoms with Crippen molar-refractivity contribution in [2.45, 2.75) is 13.0 Å². The van der Waals surface area contributed by atoms with Crippen LogP contribution in [0, 0.1) is 0 Å². The Morgan fingerprint density at radius 3 is 2.93 bits per heavy atom. The molecule has 0 atom stereocenters. The second kappa shape index (κ2) is 9.18. The molecule has 0 unspecified atom stereocenters. The van der Waals surface area contributed by atoms with Crippen LogP contribution in [0.4, 0.5) is 5.69 Å². The van der Waals surface area contributed by atoms with Crippen molar-refractivity contribution in [3.05, 3.63) is 61.1 Å². The molecule has 3 aromatic heterocycles. The number of nitrogens with one attached hydrogen (secondary N) is 2. The molecule has 0 aromatic carbocycles. The van der Waals surface area contributed by atoms with Crippen molar-refractivity contribution in [3.8, 4) is 5.75 Å². The van der Waals surface area contributed by atoms with Gasteiger partial charge in [0.25, 0.3) is 5.91 Å². The summed E-state index contributed by atoms with van der Waals surface area (Å²) in [7, 11) is 0. The first-order valence-corrected chi connectivity index (χ1v) is 8.37. The van der Waals surface area contributed by atoms with E-state index in [1.165, 1.54) is 17.1 Å². The number of ether oxygens (including phenoxy) is 1. The fourth-order valence-electron chi connectivity index (χ4n) is 2.24. The second-order valence-electron chi connectivity index (χ2n) is 5.60. The summed E-state index contributed by atoms with van der Waals surface area (Å²) in [4.78, 5) is 27.8. The molecule has 0 aliphatic heterocycles. The first kappa shape index (κ1) is 18.2. The molecule has 9 heteroatoms. The predicted octanol–water partition coefficient (Wildman–Crippen LogP) is 1.71. The zero-order valence-corrected chi connectivity index (χ0v) is 14.5. The highest BCUT2D eigenvalue weighted by Gasteiger charge is 2.10. The maximum atomic E-state index is 11.9. The van der Waals surface area contributed by atoms with Crippen LogP contribution in [0.2, 0.25) is 0 Å². The van der Waals surface area contributed by atoms with Crippen LogP contribution in [0.1, 0.15) is 17.0 Å². The van der Waals surface area contributed by atoms with Gasteiger partial charge in [-0.2, -0.15) is 5.10 Å². The fraction of sp³-hybridized carbons (Fsp3) is 0.222. The van der Waals surface area contributed by atoms with Gasteiger partial charge in [-0.3, -0.25) is 19.3 Å². The molecule has 0 spiro atoms. The summed E-state index contributed by atoms with van der Waals surface area (Å²) in [6, 6.07) is 6.81. The molecule has 27 heavy (non-hydrogen) atoms. The van der Waals surface area contributed by atoms with E-state index in [9.17, 15) is 9.59 Å². The van der Waals surface area contributed by atoms with Crippen molar-refractivity contribution in [2.24, 2.45) is 0 Å². The summed E-state index contributed by atoms with van der Waals surface area (Å²) in [5.41, 5.74) is 0.481. The minimum Gasteiger partial charge on any atom is -0.492 e. The van der Waals surface area contributed by atoms with Crippen LogP contribution < -0.4 is 15.4 Å². The fourth-order valence-corrected chi connectivity index (χ4v) is 2.24. The van der Waals surface area contributed by atoms with Gasteiger partial charge in [-0.25, -0.2) is 0 Å². The monoisotopic (exact) mass is 369 g/mol. The van der Waals surface area contributed by atoms with E-state index < -0.39 is 0 Å². The number of nitrogens with zero attached hydrogens (tertiary/aromatic N) is 3. The number of pyridine rings is 1. The lowest BCUT2D eigenvalue weighted by Crippen LogP contribution is -2.29. The van der Waals surface area contributed by atoms with Gasteiger partial charge in [-0.15, -0.1) is 0 Å². The molecule has 0 aliphatic carbocycles. The van der Waals surface area contributed by atoms with E-state index in [-0.39, 0.29) is 24.1 Å². The highest BCUT2D eigenvalue weighted by molar-refractivity contribution is 6.02. The van der Waals surface area contributed by atoms with Gasteiger partial charge in [0.05, 0.1) is 31.0 Å². The molecule has 3 aromatic rings. The zero-order valence-electron chi connectivity index (χ0n) is 14.5. The van der Waals surface area contributed by atoms with E-state index >= 15 is 0 Å². The highest BCUT2D eigenvalue weighted by Crippen LogP contribution is 2.09. The number of amides is 2. The smallest absolute Gasteiger partial charge is 0.291 e. The Morgan fingerprint density at radius 1 is 1.22 bits per heavy atom. The molecular weight excluding hydrogens is 350 g/mol. The lowest BCUT2D eigenvalue weighted by Gasteiger charge is -2.07. The third kappa shape index (κ3) is 5.70. The lowest BCUT2D eigenvalue weighted by atomic mass is 10.4. The Bertz CT molecular complexity index is 861. The predicted molar refractivity (Wildman–Crippen MR) is 96.2 cm³/mol. The highest BCUT2D eigenvalue weighted by atomic mass is 16.5. The maximum Gasteiger partial charge on any atom is 0.291 e. The van der Waals surface area contributed by atoms with Crippen LogP contribution in [0.5, 0.6) is 5.75 Å². The van der Waals surface area contributed by atoms with E-state index in [0.717, 1.165) is 0 Å². The Labute approximate surface area is 155 Å². The van der Waals surface area contributed by atoms with E-state index in [1.54, 1.807) is 36.8 Å². The average molecular weight is 369 g/mol. The second-order valence-corrected chi connectivity index (χ2v) is 5.60. The van der Waals surface area contributed by atoms with E-state index in [4.69, 9.17) is 9.15 Å². The molecule has 0 saturated heterocycles. The van der Waals surface area contributed by atoms with E-state index in [0.29, 0.717) is 31.0 Å². The molecule has 0 saturated carbocycles. The molecular formula is C18H19N5O4. The van der Waals surface area contributed by atoms with E-state index in [1.807, 2.05) is 6.07 Å². The number of rotatable bonds is 9. The molecule has 0 fully saturated rings. The van der Waals surface area contributed by atoms with Gasteiger partial charge in [0.2, 0.25) is 5.91 Å². The number of carbonyl (C=O) groups excluding carboxylic acids is 2. The molecule has 0 bridgehead atoms. The quantitative estimate of drug-likeness (QED) is 0.556. The van der Waals surface area contributed by atoms with Gasteiger partial charge < -0.3 is 19.8 Å².